The van der Waals surface area contributed by atoms with Crippen LogP contribution in [0.3, 0.4) is 0 Å². The van der Waals surface area contributed by atoms with Crippen LogP contribution in [0.1, 0.15) is 39.5 Å². The number of hydrogen-bond acceptors (Lipinski definition) is 2. The number of aliphatic carboxylic acids is 1. The van der Waals surface area contributed by atoms with Crippen LogP contribution in [0, 0.1) is 5.41 Å². The van der Waals surface area contributed by atoms with E-state index in [0.29, 0.717) is 19.3 Å². The SMILES string of the molecule is CCC(C)(CCCCO)C(=O)O. The van der Waals surface area contributed by atoms with Gasteiger partial charge in [0.05, 0.1) is 5.41 Å². The average molecular weight is 174 g/mol. The minimum atomic E-state index is -0.733. The summed E-state index contributed by atoms with van der Waals surface area (Å²) < 4.78 is 0. The second-order valence-corrected chi connectivity index (χ2v) is 3.40. The van der Waals surface area contributed by atoms with Crippen molar-refractivity contribution in [3.8, 4) is 0 Å². The highest BCUT2D eigenvalue weighted by atomic mass is 16.4. The highest BCUT2D eigenvalue weighted by Gasteiger charge is 2.29. The third-order valence-electron chi connectivity index (χ3n) is 2.43. The Morgan fingerprint density at radius 1 is 1.42 bits per heavy atom. The Hall–Kier alpha value is -0.570. The van der Waals surface area contributed by atoms with Gasteiger partial charge in [0.25, 0.3) is 0 Å². The van der Waals surface area contributed by atoms with E-state index in [4.69, 9.17) is 10.2 Å². The summed E-state index contributed by atoms with van der Waals surface area (Å²) in [5.74, 6) is -0.733. The van der Waals surface area contributed by atoms with Crippen LogP contribution in [0.2, 0.25) is 0 Å². The molecule has 1 atom stereocenters. The molecule has 0 spiro atoms. The van der Waals surface area contributed by atoms with E-state index in [-0.39, 0.29) is 6.61 Å². The summed E-state index contributed by atoms with van der Waals surface area (Å²) in [4.78, 5) is 10.8. The van der Waals surface area contributed by atoms with Gasteiger partial charge < -0.3 is 10.2 Å². The van der Waals surface area contributed by atoms with Crippen LogP contribution >= 0.6 is 0 Å². The van der Waals surface area contributed by atoms with Crippen molar-refractivity contribution in [2.75, 3.05) is 6.61 Å². The molecule has 0 rings (SSSR count). The predicted molar refractivity (Wildman–Crippen MR) is 47.0 cm³/mol. The maximum Gasteiger partial charge on any atom is 0.309 e. The molecule has 0 saturated carbocycles. The number of carbonyl (C=O) groups is 1. The van der Waals surface area contributed by atoms with E-state index < -0.39 is 11.4 Å². The zero-order valence-corrected chi connectivity index (χ0v) is 7.84. The normalized spacial score (nSPS) is 15.6. The van der Waals surface area contributed by atoms with Gasteiger partial charge in [-0.25, -0.2) is 0 Å². The highest BCUT2D eigenvalue weighted by Crippen LogP contribution is 2.27. The summed E-state index contributed by atoms with van der Waals surface area (Å²) in [6, 6.07) is 0. The van der Waals surface area contributed by atoms with Crippen molar-refractivity contribution in [3.05, 3.63) is 0 Å². The van der Waals surface area contributed by atoms with Crippen LogP contribution in [0.15, 0.2) is 0 Å². The van der Waals surface area contributed by atoms with Crippen molar-refractivity contribution < 1.29 is 15.0 Å². The van der Waals surface area contributed by atoms with Gasteiger partial charge >= 0.3 is 5.97 Å². The lowest BCUT2D eigenvalue weighted by molar-refractivity contribution is -0.148. The monoisotopic (exact) mass is 174 g/mol. The summed E-state index contributed by atoms with van der Waals surface area (Å²) in [6.45, 7) is 3.79. The van der Waals surface area contributed by atoms with Crippen molar-refractivity contribution in [1.82, 2.24) is 0 Å². The first-order valence-corrected chi connectivity index (χ1v) is 4.41. The Kier molecular flexibility index (Phi) is 4.90. The summed E-state index contributed by atoms with van der Waals surface area (Å²) >= 11 is 0. The van der Waals surface area contributed by atoms with Crippen molar-refractivity contribution in [3.63, 3.8) is 0 Å². The average Bonchev–Trinajstić information content (AvgIpc) is 2.04. The van der Waals surface area contributed by atoms with E-state index in [1.165, 1.54) is 0 Å². The molecule has 1 unspecified atom stereocenters. The minimum absolute atomic E-state index is 0.152. The zero-order chi connectivity index (χ0) is 9.61. The largest absolute Gasteiger partial charge is 0.481 e. The van der Waals surface area contributed by atoms with E-state index in [1.54, 1.807) is 6.92 Å². The third kappa shape index (κ3) is 3.22. The maximum absolute atomic E-state index is 10.8. The lowest BCUT2D eigenvalue weighted by atomic mass is 9.82. The first-order valence-electron chi connectivity index (χ1n) is 4.41. The molecule has 3 heteroatoms. The molecule has 0 aromatic heterocycles. The Balaban J connectivity index is 3.88. The summed E-state index contributed by atoms with van der Waals surface area (Å²) in [6.07, 6.45) is 2.78. The van der Waals surface area contributed by atoms with E-state index in [9.17, 15) is 4.79 Å². The van der Waals surface area contributed by atoms with Gasteiger partial charge in [0.1, 0.15) is 0 Å². The van der Waals surface area contributed by atoms with Gasteiger partial charge in [-0.1, -0.05) is 13.3 Å². The predicted octanol–water partition coefficient (Wildman–Crippen LogP) is 1.65. The van der Waals surface area contributed by atoms with Crippen molar-refractivity contribution in [1.29, 1.82) is 0 Å². The fourth-order valence-electron chi connectivity index (χ4n) is 1.06. The number of rotatable bonds is 6. The molecule has 0 aliphatic rings. The highest BCUT2D eigenvalue weighted by molar-refractivity contribution is 5.73. The molecule has 0 aromatic carbocycles. The molecule has 0 saturated heterocycles. The molecule has 0 aliphatic carbocycles. The maximum atomic E-state index is 10.8. The second kappa shape index (κ2) is 5.14. The summed E-state index contributed by atoms with van der Waals surface area (Å²) in [7, 11) is 0. The number of carboxylic acid groups (broad SMARTS) is 1. The van der Waals surface area contributed by atoms with Gasteiger partial charge in [-0.15, -0.1) is 0 Å². The molecule has 3 nitrogen and oxygen atoms in total. The summed E-state index contributed by atoms with van der Waals surface area (Å²) in [5.41, 5.74) is -0.602. The number of aliphatic hydroxyl groups excluding tert-OH is 1. The molecule has 0 radical (unpaired) electrons. The number of unbranched alkanes of at least 4 members (excludes halogenated alkanes) is 1. The van der Waals surface area contributed by atoms with Crippen LogP contribution in [0.5, 0.6) is 0 Å². The lowest BCUT2D eigenvalue weighted by Gasteiger charge is -2.22. The quantitative estimate of drug-likeness (QED) is 0.602. The fraction of sp³-hybridized carbons (Fsp3) is 0.889. The number of hydrogen-bond donors (Lipinski definition) is 2. The number of aliphatic hydroxyl groups is 1. The minimum Gasteiger partial charge on any atom is -0.481 e. The van der Waals surface area contributed by atoms with Crippen molar-refractivity contribution in [2.45, 2.75) is 39.5 Å². The molecule has 72 valence electrons. The van der Waals surface area contributed by atoms with E-state index >= 15 is 0 Å². The zero-order valence-electron chi connectivity index (χ0n) is 7.84. The molecular formula is C9H18O3. The van der Waals surface area contributed by atoms with Crippen LogP contribution in [-0.4, -0.2) is 22.8 Å². The molecule has 0 bridgehead atoms. The van der Waals surface area contributed by atoms with Crippen LogP contribution in [0.25, 0.3) is 0 Å². The Morgan fingerprint density at radius 3 is 2.33 bits per heavy atom. The first-order chi connectivity index (χ1) is 5.56. The number of carboxylic acids is 1. The van der Waals surface area contributed by atoms with Gasteiger partial charge in [0.2, 0.25) is 0 Å². The molecule has 0 aromatic rings. The van der Waals surface area contributed by atoms with E-state index in [2.05, 4.69) is 0 Å². The summed E-state index contributed by atoms with van der Waals surface area (Å²) in [5, 5.41) is 17.4. The Labute approximate surface area is 73.4 Å². The Morgan fingerprint density at radius 2 is 2.00 bits per heavy atom. The topological polar surface area (TPSA) is 57.5 Å². The van der Waals surface area contributed by atoms with Gasteiger partial charge in [-0.3, -0.25) is 4.79 Å². The Bertz CT molecular complexity index is 145. The first kappa shape index (κ1) is 11.4. The molecule has 12 heavy (non-hydrogen) atoms. The lowest BCUT2D eigenvalue weighted by Crippen LogP contribution is -2.26. The van der Waals surface area contributed by atoms with Crippen LogP contribution < -0.4 is 0 Å². The molecule has 0 aliphatic heterocycles. The van der Waals surface area contributed by atoms with Crippen molar-refractivity contribution in [2.24, 2.45) is 5.41 Å². The van der Waals surface area contributed by atoms with Gasteiger partial charge in [0.15, 0.2) is 0 Å². The smallest absolute Gasteiger partial charge is 0.309 e. The molecule has 2 N–H and O–H groups in total. The molecule has 0 heterocycles. The van der Waals surface area contributed by atoms with Gasteiger partial charge in [-0.05, 0) is 26.2 Å². The van der Waals surface area contributed by atoms with Crippen LogP contribution in [-0.2, 0) is 4.79 Å². The van der Waals surface area contributed by atoms with Gasteiger partial charge in [0, 0.05) is 6.61 Å². The third-order valence-corrected chi connectivity index (χ3v) is 2.43. The fourth-order valence-corrected chi connectivity index (χ4v) is 1.06. The van der Waals surface area contributed by atoms with Gasteiger partial charge in [-0.2, -0.15) is 0 Å². The second-order valence-electron chi connectivity index (χ2n) is 3.40. The molecule has 0 amide bonds. The molecular weight excluding hydrogens is 156 g/mol. The van der Waals surface area contributed by atoms with Crippen LogP contribution in [0.4, 0.5) is 0 Å². The molecule has 0 fully saturated rings. The van der Waals surface area contributed by atoms with E-state index in [0.717, 1.165) is 6.42 Å². The van der Waals surface area contributed by atoms with Crippen molar-refractivity contribution >= 4 is 5.97 Å². The van der Waals surface area contributed by atoms with E-state index in [1.807, 2.05) is 6.92 Å². The standard InChI is InChI=1S/C9H18O3/c1-3-9(2,8(11)12)6-4-5-7-10/h10H,3-7H2,1-2H3,(H,11,12).